The molecule has 0 saturated carbocycles. The summed E-state index contributed by atoms with van der Waals surface area (Å²) < 4.78 is 42.7. The fraction of sp³-hybridized carbons (Fsp3) is 0.576. The number of terminal acetylenes is 1. The Morgan fingerprint density at radius 1 is 1.22 bits per heavy atom. The first-order valence-corrected chi connectivity index (χ1v) is 16.6. The van der Waals surface area contributed by atoms with Gasteiger partial charge in [0, 0.05) is 27.0 Å². The molecule has 0 spiro atoms. The number of benzene rings is 1. The number of ether oxygens (including phenoxy) is 3. The number of Topliss-reactive ketones (excluding diaryl/α,β-unsaturated/α-hetero) is 1. The molecule has 5 unspecified atom stereocenters. The Bertz CT molecular complexity index is 1430. The first kappa shape index (κ1) is 34.2. The highest BCUT2D eigenvalue weighted by atomic mass is 31.2. The maximum Gasteiger partial charge on any atom is 0.263 e. The van der Waals surface area contributed by atoms with Crippen molar-refractivity contribution in [3.8, 4) is 18.1 Å². The number of carbonyl (C=O) groups excluding carboxylic acids is 2. The predicted octanol–water partition coefficient (Wildman–Crippen LogP) is 5.52. The molecule has 12 nitrogen and oxygen atoms in total. The Morgan fingerprint density at radius 2 is 1.93 bits per heavy atom. The first-order chi connectivity index (χ1) is 22.5. The lowest BCUT2D eigenvalue weighted by atomic mass is 10.0. The van der Waals surface area contributed by atoms with Crippen molar-refractivity contribution in [3.63, 3.8) is 0 Å². The minimum absolute atomic E-state index is 0.103. The number of aliphatic imine (C=N–C) groups is 1. The highest BCUT2D eigenvalue weighted by molar-refractivity contribution is 7.44. The van der Waals surface area contributed by atoms with Gasteiger partial charge in [0.2, 0.25) is 0 Å². The summed E-state index contributed by atoms with van der Waals surface area (Å²) in [7, 11) is -0.0622. The van der Waals surface area contributed by atoms with Gasteiger partial charge in [0.1, 0.15) is 23.8 Å². The molecule has 46 heavy (non-hydrogen) atoms. The molecule has 2 aromatic rings. The number of fused-ring (bicyclic) bond motifs is 1. The Morgan fingerprint density at radius 3 is 2.54 bits per heavy atom. The summed E-state index contributed by atoms with van der Waals surface area (Å²) in [6.45, 7) is 12.4. The van der Waals surface area contributed by atoms with Crippen molar-refractivity contribution in [2.45, 2.75) is 104 Å². The molecule has 0 bridgehead atoms. The van der Waals surface area contributed by atoms with Crippen LogP contribution in [-0.4, -0.2) is 82.5 Å². The molecule has 0 aliphatic carbocycles. The fourth-order valence-corrected chi connectivity index (χ4v) is 7.11. The number of carbonyl (C=O) groups is 2. The monoisotopic (exact) mass is 656 g/mol. The Balaban J connectivity index is 1.53. The minimum atomic E-state index is -1.60. The lowest BCUT2D eigenvalue weighted by Crippen LogP contribution is -2.39. The zero-order chi connectivity index (χ0) is 34.2. The van der Waals surface area contributed by atoms with Crippen molar-refractivity contribution in [2.24, 2.45) is 4.99 Å². The minimum Gasteiger partial charge on any atom is -0.484 e. The number of amidine groups is 1. The average molecular weight is 657 g/mol. The quantitative estimate of drug-likeness (QED) is 0.159. The summed E-state index contributed by atoms with van der Waals surface area (Å²) in [4.78, 5) is 34.8. The normalized spacial score (nSPS) is 22.2. The van der Waals surface area contributed by atoms with Crippen LogP contribution in [0.4, 0.5) is 5.82 Å². The summed E-state index contributed by atoms with van der Waals surface area (Å²) >= 11 is 0. The summed E-state index contributed by atoms with van der Waals surface area (Å²) in [5.41, 5.74) is 1.32. The van der Waals surface area contributed by atoms with Gasteiger partial charge in [0.15, 0.2) is 30.1 Å². The zero-order valence-corrected chi connectivity index (χ0v) is 28.5. The molecule has 1 aromatic heterocycles. The van der Waals surface area contributed by atoms with Gasteiger partial charge in [0.05, 0.1) is 25.5 Å². The number of amides is 1. The molecule has 5 atom stereocenters. The van der Waals surface area contributed by atoms with Crippen molar-refractivity contribution in [1.82, 2.24) is 19.5 Å². The predicted molar refractivity (Wildman–Crippen MR) is 176 cm³/mol. The number of methoxy groups -OCH3 is 1. The van der Waals surface area contributed by atoms with Crippen molar-refractivity contribution in [2.75, 3.05) is 20.3 Å². The standard InChI is InChI=1S/C33H46N5O7P/c1-10-11-16-43-46(38(21(4)5)22(6)7)45-30-23(8)44-33(31(30)41-9)37-19-34-29-26(39)17-27(36-32(29)37)35-28(40)18-42-25-14-12-24(13-15-25)20(2)3/h1,12-15,19-23,30-31,33H,11,16-18H2,2-9H3,(H,35,36,40)/i8D. The van der Waals surface area contributed by atoms with E-state index in [9.17, 15) is 9.59 Å². The summed E-state index contributed by atoms with van der Waals surface area (Å²) in [6, 6.07) is 7.77. The molecule has 0 radical (unpaired) electrons. The SMILES string of the molecule is [2H]CC1OC(n2cnc3c2N=C(NC(=O)COc2ccc(C(C)C)cc2)CC3=O)C(OC)C1OP(OCCC#C)N(C(C)C)C(C)C. The van der Waals surface area contributed by atoms with E-state index in [1.165, 1.54) is 19.0 Å². The van der Waals surface area contributed by atoms with Crippen molar-refractivity contribution < 1.29 is 34.2 Å². The van der Waals surface area contributed by atoms with Crippen LogP contribution in [0.3, 0.4) is 0 Å². The highest BCUT2D eigenvalue weighted by Crippen LogP contribution is 2.50. The number of imidazole rings is 1. The third kappa shape index (κ3) is 8.40. The average Bonchev–Trinajstić information content (AvgIpc) is 3.60. The second kappa shape index (κ2) is 16.1. The smallest absolute Gasteiger partial charge is 0.263 e. The summed E-state index contributed by atoms with van der Waals surface area (Å²) in [5, 5.41) is 2.70. The third-order valence-corrected chi connectivity index (χ3v) is 9.67. The van der Waals surface area contributed by atoms with Gasteiger partial charge in [-0.25, -0.2) is 14.6 Å². The lowest BCUT2D eigenvalue weighted by Gasteiger charge is -2.38. The van der Waals surface area contributed by atoms with Crippen LogP contribution in [0.15, 0.2) is 35.6 Å². The largest absolute Gasteiger partial charge is 0.484 e. The Hall–Kier alpha value is -3.17. The molecule has 2 aliphatic heterocycles. The molecule has 1 saturated heterocycles. The summed E-state index contributed by atoms with van der Waals surface area (Å²) in [6.07, 6.45) is 4.34. The van der Waals surface area contributed by atoms with E-state index in [4.69, 9.17) is 31.1 Å². The van der Waals surface area contributed by atoms with Gasteiger partial charge < -0.3 is 28.6 Å². The Kier molecular flexibility index (Phi) is 12.0. The van der Waals surface area contributed by atoms with Crippen LogP contribution in [0.1, 0.15) is 90.9 Å². The number of hydrogen-bond donors (Lipinski definition) is 1. The van der Waals surface area contributed by atoms with Gasteiger partial charge >= 0.3 is 0 Å². The van der Waals surface area contributed by atoms with E-state index >= 15 is 0 Å². The third-order valence-electron chi connectivity index (χ3n) is 7.54. The van der Waals surface area contributed by atoms with Crippen LogP contribution in [0.25, 0.3) is 0 Å². The van der Waals surface area contributed by atoms with Crippen molar-refractivity contribution in [3.05, 3.63) is 41.9 Å². The molecule has 1 amide bonds. The molecular formula is C33H46N5O7P. The molecular weight excluding hydrogens is 609 g/mol. The fourth-order valence-electron chi connectivity index (χ4n) is 5.34. The topological polar surface area (TPSA) is 126 Å². The van der Waals surface area contributed by atoms with E-state index in [2.05, 4.69) is 67.4 Å². The number of nitrogens with zero attached hydrogens (tertiary/aromatic N) is 4. The number of nitrogens with one attached hydrogen (secondary N) is 1. The van der Waals surface area contributed by atoms with E-state index in [0.29, 0.717) is 24.7 Å². The van der Waals surface area contributed by atoms with Gasteiger partial charge in [-0.15, -0.1) is 12.3 Å². The number of aromatic nitrogens is 2. The van der Waals surface area contributed by atoms with Crippen LogP contribution in [0.2, 0.25) is 0 Å². The van der Waals surface area contributed by atoms with Gasteiger partial charge in [-0.05, 0) is 58.2 Å². The van der Waals surface area contributed by atoms with Gasteiger partial charge in [0.25, 0.3) is 14.4 Å². The molecule has 1 fully saturated rings. The maximum absolute atomic E-state index is 13.1. The van der Waals surface area contributed by atoms with Gasteiger partial charge in [-0.2, -0.15) is 0 Å². The van der Waals surface area contributed by atoms with Crippen LogP contribution in [0, 0.1) is 12.3 Å². The lowest BCUT2D eigenvalue weighted by molar-refractivity contribution is -0.121. The van der Waals surface area contributed by atoms with E-state index in [-0.39, 0.29) is 55.1 Å². The Labute approximate surface area is 274 Å². The molecule has 4 rings (SSSR count). The molecule has 1 N–H and O–H groups in total. The van der Waals surface area contributed by atoms with Crippen molar-refractivity contribution in [1.29, 1.82) is 0 Å². The van der Waals surface area contributed by atoms with Crippen LogP contribution < -0.4 is 10.1 Å². The van der Waals surface area contributed by atoms with Gasteiger partial charge in [-0.3, -0.25) is 14.2 Å². The highest BCUT2D eigenvalue weighted by Gasteiger charge is 2.48. The van der Waals surface area contributed by atoms with Crippen LogP contribution in [0.5, 0.6) is 5.75 Å². The van der Waals surface area contributed by atoms with Crippen LogP contribution >= 0.6 is 8.53 Å². The number of ketones is 1. The molecule has 1 aromatic carbocycles. The van der Waals surface area contributed by atoms with Crippen molar-refractivity contribution >= 4 is 31.9 Å². The van der Waals surface area contributed by atoms with Crippen LogP contribution in [-0.2, 0) is 23.3 Å². The van der Waals surface area contributed by atoms with E-state index in [1.807, 2.05) is 24.3 Å². The van der Waals surface area contributed by atoms with E-state index in [0.717, 1.165) is 0 Å². The molecule has 3 heterocycles. The number of hydrogen-bond acceptors (Lipinski definition) is 10. The summed E-state index contributed by atoms with van der Waals surface area (Å²) in [5.74, 6) is 3.17. The number of rotatable bonds is 14. The first-order valence-electron chi connectivity index (χ1n) is 16.2. The second-order valence-electron chi connectivity index (χ2n) is 12.0. The molecule has 13 heteroatoms. The van der Waals surface area contributed by atoms with Gasteiger partial charge in [-0.1, -0.05) is 26.0 Å². The van der Waals surface area contributed by atoms with E-state index < -0.39 is 39.0 Å². The zero-order valence-electron chi connectivity index (χ0n) is 28.6. The molecule has 2 aliphatic rings. The van der Waals surface area contributed by atoms with E-state index in [1.54, 1.807) is 4.57 Å². The molecule has 250 valence electrons. The second-order valence-corrected chi connectivity index (χ2v) is 13.4. The maximum atomic E-state index is 13.1.